The number of azide groups is 1. The first-order valence-electron chi connectivity index (χ1n) is 3.78. The number of rotatable bonds is 1. The lowest BCUT2D eigenvalue weighted by molar-refractivity contribution is 0.333. The number of halogens is 1. The van der Waals surface area contributed by atoms with Crippen molar-refractivity contribution in [3.8, 4) is 5.75 Å². The van der Waals surface area contributed by atoms with Crippen LogP contribution in [-0.4, -0.2) is 6.61 Å². The zero-order valence-electron chi connectivity index (χ0n) is 6.64. The van der Waals surface area contributed by atoms with Crippen molar-refractivity contribution in [2.45, 2.75) is 6.04 Å². The summed E-state index contributed by atoms with van der Waals surface area (Å²) in [6, 6.07) is 5.18. The van der Waals surface area contributed by atoms with E-state index in [0.29, 0.717) is 17.4 Å². The minimum atomic E-state index is -0.237. The van der Waals surface area contributed by atoms with Crippen molar-refractivity contribution >= 4 is 11.6 Å². The second-order valence-corrected chi connectivity index (χ2v) is 3.10. The van der Waals surface area contributed by atoms with Gasteiger partial charge in [-0.25, -0.2) is 0 Å². The summed E-state index contributed by atoms with van der Waals surface area (Å²) in [5.74, 6) is 0.640. The molecule has 5 heteroatoms. The van der Waals surface area contributed by atoms with E-state index in [9.17, 15) is 0 Å². The number of para-hydroxylation sites is 1. The van der Waals surface area contributed by atoms with Gasteiger partial charge in [-0.05, 0) is 11.6 Å². The van der Waals surface area contributed by atoms with E-state index in [1.165, 1.54) is 0 Å². The molecule has 1 aromatic rings. The zero-order chi connectivity index (χ0) is 9.26. The maximum Gasteiger partial charge on any atom is 0.141 e. The molecule has 1 heterocycles. The molecule has 0 amide bonds. The average molecular weight is 196 g/mol. The van der Waals surface area contributed by atoms with Crippen LogP contribution >= 0.6 is 11.6 Å². The molecule has 2 rings (SSSR count). The molecule has 4 nitrogen and oxygen atoms in total. The predicted molar refractivity (Wildman–Crippen MR) is 48.8 cm³/mol. The highest BCUT2D eigenvalue weighted by Gasteiger charge is 2.24. The number of ether oxygens (including phenoxy) is 1. The Balaban J connectivity index is 2.48. The first-order chi connectivity index (χ1) is 6.33. The van der Waals surface area contributed by atoms with Gasteiger partial charge in [0, 0.05) is 10.5 Å². The van der Waals surface area contributed by atoms with Gasteiger partial charge in [-0.1, -0.05) is 28.8 Å². The fourth-order valence-corrected chi connectivity index (χ4v) is 1.59. The smallest absolute Gasteiger partial charge is 0.141 e. The van der Waals surface area contributed by atoms with Crippen LogP contribution in [0.25, 0.3) is 10.4 Å². The van der Waals surface area contributed by atoms with Crippen molar-refractivity contribution in [2.24, 2.45) is 5.11 Å². The summed E-state index contributed by atoms with van der Waals surface area (Å²) in [5.41, 5.74) is 9.16. The van der Waals surface area contributed by atoms with Crippen LogP contribution in [0, 0.1) is 0 Å². The van der Waals surface area contributed by atoms with Gasteiger partial charge in [0.05, 0.1) is 5.02 Å². The largest absolute Gasteiger partial charge is 0.491 e. The highest BCUT2D eigenvalue weighted by molar-refractivity contribution is 6.32. The molecule has 0 unspecified atom stereocenters. The molecule has 0 aliphatic carbocycles. The van der Waals surface area contributed by atoms with Gasteiger partial charge in [0.25, 0.3) is 0 Å². The van der Waals surface area contributed by atoms with Crippen molar-refractivity contribution in [3.05, 3.63) is 39.2 Å². The quantitative estimate of drug-likeness (QED) is 0.386. The third-order valence-corrected chi connectivity index (χ3v) is 2.23. The molecule has 0 saturated heterocycles. The van der Waals surface area contributed by atoms with E-state index in [1.54, 1.807) is 6.07 Å². The first kappa shape index (κ1) is 8.23. The molecule has 0 N–H and O–H groups in total. The molecular formula is C8H6ClN3O. The van der Waals surface area contributed by atoms with E-state index >= 15 is 0 Å². The standard InChI is InChI=1S/C8H6ClN3O/c9-6-3-1-2-5-7(11-12-10)4-13-8(5)6/h1-3,7H,4H2/t7-/m0/s1. The third kappa shape index (κ3) is 1.30. The van der Waals surface area contributed by atoms with E-state index < -0.39 is 0 Å². The summed E-state index contributed by atoms with van der Waals surface area (Å²) < 4.78 is 5.30. The van der Waals surface area contributed by atoms with Gasteiger partial charge in [-0.15, -0.1) is 0 Å². The van der Waals surface area contributed by atoms with Gasteiger partial charge in [0.15, 0.2) is 0 Å². The van der Waals surface area contributed by atoms with Crippen LogP contribution in [0.2, 0.25) is 5.02 Å². The number of fused-ring (bicyclic) bond motifs is 1. The van der Waals surface area contributed by atoms with Crippen LogP contribution in [0.15, 0.2) is 23.3 Å². The highest BCUT2D eigenvalue weighted by Crippen LogP contribution is 2.39. The Hall–Kier alpha value is -1.38. The van der Waals surface area contributed by atoms with E-state index in [4.69, 9.17) is 21.9 Å². The van der Waals surface area contributed by atoms with Crippen LogP contribution in [0.5, 0.6) is 5.75 Å². The molecule has 1 aliphatic heterocycles. The number of benzene rings is 1. The molecule has 1 aromatic carbocycles. The summed E-state index contributed by atoms with van der Waals surface area (Å²) in [7, 11) is 0. The lowest BCUT2D eigenvalue weighted by Gasteiger charge is -2.00. The Morgan fingerprint density at radius 1 is 1.62 bits per heavy atom. The van der Waals surface area contributed by atoms with Crippen LogP contribution in [0.3, 0.4) is 0 Å². The van der Waals surface area contributed by atoms with Gasteiger partial charge in [0.1, 0.15) is 18.4 Å². The van der Waals surface area contributed by atoms with Crippen LogP contribution in [-0.2, 0) is 0 Å². The molecule has 0 bridgehead atoms. The molecule has 0 saturated carbocycles. The average Bonchev–Trinajstić information content (AvgIpc) is 2.51. The lowest BCUT2D eigenvalue weighted by Crippen LogP contribution is -1.94. The summed E-state index contributed by atoms with van der Waals surface area (Å²) in [6.45, 7) is 0.378. The first-order valence-corrected chi connectivity index (χ1v) is 4.16. The molecule has 0 radical (unpaired) electrons. The Labute approximate surface area is 79.7 Å². The Kier molecular flexibility index (Phi) is 2.00. The molecule has 1 aliphatic rings. The predicted octanol–water partition coefficient (Wildman–Crippen LogP) is 3.08. The van der Waals surface area contributed by atoms with Crippen molar-refractivity contribution in [3.63, 3.8) is 0 Å². The number of nitrogens with zero attached hydrogens (tertiary/aromatic N) is 3. The molecular weight excluding hydrogens is 190 g/mol. The fourth-order valence-electron chi connectivity index (χ4n) is 1.35. The Morgan fingerprint density at radius 3 is 3.23 bits per heavy atom. The second-order valence-electron chi connectivity index (χ2n) is 2.69. The van der Waals surface area contributed by atoms with Crippen molar-refractivity contribution in [2.75, 3.05) is 6.61 Å². The van der Waals surface area contributed by atoms with Gasteiger partial charge in [-0.3, -0.25) is 0 Å². The molecule has 0 spiro atoms. The van der Waals surface area contributed by atoms with Crippen molar-refractivity contribution in [1.29, 1.82) is 0 Å². The zero-order valence-corrected chi connectivity index (χ0v) is 7.40. The molecule has 1 atom stereocenters. The Bertz CT molecular complexity index is 387. The van der Waals surface area contributed by atoms with Crippen molar-refractivity contribution in [1.82, 2.24) is 0 Å². The molecule has 0 aromatic heterocycles. The summed E-state index contributed by atoms with van der Waals surface area (Å²) >= 11 is 5.88. The van der Waals surface area contributed by atoms with E-state index in [2.05, 4.69) is 10.0 Å². The number of hydrogen-bond acceptors (Lipinski definition) is 2. The molecule has 0 fully saturated rings. The maximum absolute atomic E-state index is 8.29. The normalized spacial score (nSPS) is 18.7. The summed E-state index contributed by atoms with van der Waals surface area (Å²) in [6.07, 6.45) is 0. The van der Waals surface area contributed by atoms with Gasteiger partial charge >= 0.3 is 0 Å². The number of hydrogen-bond donors (Lipinski definition) is 0. The summed E-state index contributed by atoms with van der Waals surface area (Å²) in [4.78, 5) is 2.75. The van der Waals surface area contributed by atoms with E-state index in [0.717, 1.165) is 5.56 Å². The van der Waals surface area contributed by atoms with Crippen LogP contribution in [0.1, 0.15) is 11.6 Å². The van der Waals surface area contributed by atoms with Gasteiger partial charge < -0.3 is 4.74 Å². The second kappa shape index (κ2) is 3.17. The van der Waals surface area contributed by atoms with Crippen LogP contribution < -0.4 is 4.74 Å². The fraction of sp³-hybridized carbons (Fsp3) is 0.250. The topological polar surface area (TPSA) is 58.0 Å². The maximum atomic E-state index is 8.29. The van der Waals surface area contributed by atoms with Gasteiger partial charge in [0.2, 0.25) is 0 Å². The SMILES string of the molecule is [N-]=[N+]=N[C@H]1COc2c(Cl)cccc21. The lowest BCUT2D eigenvalue weighted by atomic mass is 10.1. The van der Waals surface area contributed by atoms with Gasteiger partial charge in [-0.2, -0.15) is 0 Å². The van der Waals surface area contributed by atoms with E-state index in [-0.39, 0.29) is 6.04 Å². The third-order valence-electron chi connectivity index (χ3n) is 1.93. The van der Waals surface area contributed by atoms with Crippen LogP contribution in [0.4, 0.5) is 0 Å². The Morgan fingerprint density at radius 2 is 2.46 bits per heavy atom. The minimum Gasteiger partial charge on any atom is -0.491 e. The van der Waals surface area contributed by atoms with Crippen molar-refractivity contribution < 1.29 is 4.74 Å². The monoisotopic (exact) mass is 195 g/mol. The highest BCUT2D eigenvalue weighted by atomic mass is 35.5. The molecule has 66 valence electrons. The summed E-state index contributed by atoms with van der Waals surface area (Å²) in [5, 5.41) is 4.17. The molecule has 13 heavy (non-hydrogen) atoms. The van der Waals surface area contributed by atoms with E-state index in [1.807, 2.05) is 12.1 Å². The minimum absolute atomic E-state index is 0.237.